The first-order valence-corrected chi connectivity index (χ1v) is 9.42. The molecule has 0 heterocycles. The van der Waals surface area contributed by atoms with Crippen molar-refractivity contribution < 1.29 is 22.3 Å². The molecule has 0 aromatic heterocycles. The number of hydrogen-bond donors (Lipinski definition) is 1. The molecule has 0 saturated carbocycles. The zero-order valence-electron chi connectivity index (χ0n) is 14.5. The molecule has 0 aliphatic rings. The van der Waals surface area contributed by atoms with Gasteiger partial charge in [0.1, 0.15) is 19.0 Å². The number of rotatable bonds is 7. The fraction of sp³-hybridized carbons (Fsp3) is 0.158. The Morgan fingerprint density at radius 3 is 2.59 bits per heavy atom. The summed E-state index contributed by atoms with van der Waals surface area (Å²) >= 11 is 0. The third kappa shape index (κ3) is 6.66. The average Bonchev–Trinajstić information content (AvgIpc) is 2.65. The predicted octanol–water partition coefficient (Wildman–Crippen LogP) is 2.64. The summed E-state index contributed by atoms with van der Waals surface area (Å²) in [5.74, 6) is -1.53. The minimum absolute atomic E-state index is 0.0875. The lowest BCUT2D eigenvalue weighted by Gasteiger charge is -2.07. The number of nitrogens with zero attached hydrogens (tertiary/aromatic N) is 1. The van der Waals surface area contributed by atoms with Crippen LogP contribution in [0.25, 0.3) is 6.08 Å². The molecule has 0 radical (unpaired) electrons. The smallest absolute Gasteiger partial charge is 0.321 e. The Labute approximate surface area is 156 Å². The lowest BCUT2D eigenvalue weighted by molar-refractivity contribution is -0.143. The van der Waals surface area contributed by atoms with Gasteiger partial charge < -0.3 is 4.74 Å². The van der Waals surface area contributed by atoms with E-state index in [1.807, 2.05) is 19.1 Å². The number of halogens is 1. The third-order valence-electron chi connectivity index (χ3n) is 3.51. The highest BCUT2D eigenvalue weighted by Crippen LogP contribution is 2.11. The summed E-state index contributed by atoms with van der Waals surface area (Å²) in [6.45, 7) is 0.969. The number of hydrogen-bond acceptors (Lipinski definition) is 5. The maximum atomic E-state index is 13.7. The van der Waals surface area contributed by atoms with Gasteiger partial charge in [0.25, 0.3) is 0 Å². The second-order valence-corrected chi connectivity index (χ2v) is 7.31. The van der Waals surface area contributed by atoms with Crippen molar-refractivity contribution in [2.24, 2.45) is 0 Å². The van der Waals surface area contributed by atoms with Crippen LogP contribution in [-0.4, -0.2) is 20.9 Å². The quantitative estimate of drug-likeness (QED) is 0.736. The fourth-order valence-corrected chi connectivity index (χ4v) is 2.75. The van der Waals surface area contributed by atoms with Crippen LogP contribution in [0.5, 0.6) is 0 Å². The summed E-state index contributed by atoms with van der Waals surface area (Å²) in [5.41, 5.74) is 1.99. The first-order valence-electron chi connectivity index (χ1n) is 7.87. The Balaban J connectivity index is 1.85. The molecule has 0 aliphatic heterocycles. The van der Waals surface area contributed by atoms with E-state index < -0.39 is 28.4 Å². The summed E-state index contributed by atoms with van der Waals surface area (Å²) in [6, 6.07) is 12.8. The van der Waals surface area contributed by atoms with E-state index in [9.17, 15) is 17.6 Å². The van der Waals surface area contributed by atoms with Crippen molar-refractivity contribution in [1.29, 1.82) is 5.26 Å². The van der Waals surface area contributed by atoms with Crippen molar-refractivity contribution in [3.8, 4) is 6.07 Å². The van der Waals surface area contributed by atoms with Gasteiger partial charge in [0.15, 0.2) is 0 Å². The summed E-state index contributed by atoms with van der Waals surface area (Å²) in [5, 5.41) is 9.62. The molecule has 0 spiro atoms. The molecule has 0 amide bonds. The van der Waals surface area contributed by atoms with Crippen LogP contribution in [0.1, 0.15) is 22.3 Å². The molecule has 2 aromatic rings. The number of esters is 1. The molecule has 2 aromatic carbocycles. The minimum Gasteiger partial charge on any atom is -0.460 e. The standard InChI is InChI=1S/C19H17FN2O4S/c1-14-2-4-15(5-3-14)8-9-27(24,25)22-12-19(23)26-13-17-7-6-16(11-21)10-18(17)20/h2-10,22H,12-13H2,1H3/b9-8+. The van der Waals surface area contributed by atoms with Crippen molar-refractivity contribution in [3.63, 3.8) is 0 Å². The molecule has 0 unspecified atom stereocenters. The van der Waals surface area contributed by atoms with Crippen LogP contribution in [-0.2, 0) is 26.2 Å². The SMILES string of the molecule is Cc1ccc(/C=C/S(=O)(=O)NCC(=O)OCc2ccc(C#N)cc2F)cc1. The van der Waals surface area contributed by atoms with Gasteiger partial charge in [-0.2, -0.15) is 5.26 Å². The zero-order valence-corrected chi connectivity index (χ0v) is 15.3. The molecular formula is C19H17FN2O4S. The van der Waals surface area contributed by atoms with Crippen molar-refractivity contribution in [2.75, 3.05) is 6.54 Å². The monoisotopic (exact) mass is 388 g/mol. The van der Waals surface area contributed by atoms with E-state index in [4.69, 9.17) is 10.00 Å². The van der Waals surface area contributed by atoms with E-state index >= 15 is 0 Å². The molecule has 27 heavy (non-hydrogen) atoms. The molecule has 140 valence electrons. The first-order chi connectivity index (χ1) is 12.8. The Morgan fingerprint density at radius 1 is 1.26 bits per heavy atom. The van der Waals surface area contributed by atoms with Crippen LogP contribution >= 0.6 is 0 Å². The van der Waals surface area contributed by atoms with Gasteiger partial charge >= 0.3 is 5.97 Å². The molecule has 0 bridgehead atoms. The largest absolute Gasteiger partial charge is 0.460 e. The minimum atomic E-state index is -3.83. The van der Waals surface area contributed by atoms with E-state index in [0.29, 0.717) is 5.56 Å². The van der Waals surface area contributed by atoms with Crippen molar-refractivity contribution >= 4 is 22.1 Å². The third-order valence-corrected chi connectivity index (χ3v) is 4.55. The second kappa shape index (κ2) is 9.07. The van der Waals surface area contributed by atoms with Crippen LogP contribution in [0.15, 0.2) is 47.9 Å². The highest BCUT2D eigenvalue weighted by molar-refractivity contribution is 7.92. The van der Waals surface area contributed by atoms with E-state index in [1.54, 1.807) is 18.2 Å². The van der Waals surface area contributed by atoms with E-state index in [-0.39, 0.29) is 17.7 Å². The normalized spacial score (nSPS) is 11.3. The average molecular weight is 388 g/mol. The molecule has 8 heteroatoms. The van der Waals surface area contributed by atoms with Crippen molar-refractivity contribution in [3.05, 3.63) is 75.9 Å². The Kier molecular flexibility index (Phi) is 6.82. The second-order valence-electron chi connectivity index (χ2n) is 5.66. The summed E-state index contributed by atoms with van der Waals surface area (Å²) < 4.78 is 44.4. The Bertz CT molecular complexity index is 993. The lowest BCUT2D eigenvalue weighted by Crippen LogP contribution is -2.29. The van der Waals surface area contributed by atoms with Gasteiger partial charge in [-0.25, -0.2) is 17.5 Å². The van der Waals surface area contributed by atoms with Crippen molar-refractivity contribution in [2.45, 2.75) is 13.5 Å². The Morgan fingerprint density at radius 2 is 1.96 bits per heavy atom. The van der Waals surface area contributed by atoms with Gasteiger partial charge in [0, 0.05) is 11.0 Å². The summed E-state index contributed by atoms with van der Waals surface area (Å²) in [7, 11) is -3.83. The predicted molar refractivity (Wildman–Crippen MR) is 98.0 cm³/mol. The van der Waals surface area contributed by atoms with Gasteiger partial charge in [-0.05, 0) is 30.7 Å². The first kappa shape index (κ1) is 20.3. The summed E-state index contributed by atoms with van der Waals surface area (Å²) in [6.07, 6.45) is 1.40. The van der Waals surface area contributed by atoms with Gasteiger partial charge in [0.05, 0.1) is 11.6 Å². The number of carbonyl (C=O) groups is 1. The number of nitrogens with one attached hydrogen (secondary N) is 1. The van der Waals surface area contributed by atoms with Gasteiger partial charge in [-0.15, -0.1) is 0 Å². The van der Waals surface area contributed by atoms with Crippen LogP contribution in [0.4, 0.5) is 4.39 Å². The van der Waals surface area contributed by atoms with Gasteiger partial charge in [-0.1, -0.05) is 35.9 Å². The number of sulfonamides is 1. The van der Waals surface area contributed by atoms with E-state index in [0.717, 1.165) is 17.0 Å². The molecule has 6 nitrogen and oxygen atoms in total. The van der Waals surface area contributed by atoms with Crippen molar-refractivity contribution in [1.82, 2.24) is 4.72 Å². The number of carbonyl (C=O) groups excluding carboxylic acids is 1. The molecule has 2 rings (SSSR count). The fourth-order valence-electron chi connectivity index (χ4n) is 2.00. The highest BCUT2D eigenvalue weighted by Gasteiger charge is 2.11. The molecule has 0 saturated heterocycles. The topological polar surface area (TPSA) is 96.3 Å². The molecule has 0 fully saturated rings. The maximum Gasteiger partial charge on any atom is 0.321 e. The van der Waals surface area contributed by atoms with Crippen LogP contribution in [0.2, 0.25) is 0 Å². The van der Waals surface area contributed by atoms with Crippen LogP contribution < -0.4 is 4.72 Å². The van der Waals surface area contributed by atoms with E-state index in [1.165, 1.54) is 18.2 Å². The number of aryl methyl sites for hydroxylation is 1. The van der Waals surface area contributed by atoms with Crippen LogP contribution in [0.3, 0.4) is 0 Å². The zero-order chi connectivity index (χ0) is 19.9. The van der Waals surface area contributed by atoms with Gasteiger partial charge in [0.2, 0.25) is 10.0 Å². The number of ether oxygens (including phenoxy) is 1. The molecule has 0 aliphatic carbocycles. The number of benzene rings is 2. The van der Waals surface area contributed by atoms with Crippen LogP contribution in [0, 0.1) is 24.1 Å². The van der Waals surface area contributed by atoms with Gasteiger partial charge in [-0.3, -0.25) is 4.79 Å². The molecular weight excluding hydrogens is 371 g/mol. The number of nitriles is 1. The Hall–Kier alpha value is -3.02. The lowest BCUT2D eigenvalue weighted by atomic mass is 10.1. The molecule has 1 N–H and O–H groups in total. The van der Waals surface area contributed by atoms with E-state index in [2.05, 4.69) is 4.72 Å². The summed E-state index contributed by atoms with van der Waals surface area (Å²) in [4.78, 5) is 11.7. The molecule has 0 atom stereocenters. The highest BCUT2D eigenvalue weighted by atomic mass is 32.2. The maximum absolute atomic E-state index is 13.7.